The van der Waals surface area contributed by atoms with Gasteiger partial charge in [-0.2, -0.15) is 0 Å². The highest BCUT2D eigenvalue weighted by Crippen LogP contribution is 2.44. The molecule has 10 rings (SSSR count). The van der Waals surface area contributed by atoms with Crippen molar-refractivity contribution < 1.29 is 4.42 Å². The summed E-state index contributed by atoms with van der Waals surface area (Å²) >= 11 is 0. The lowest BCUT2D eigenvalue weighted by Crippen LogP contribution is -2.61. The monoisotopic (exact) mass is 628 g/mol. The molecule has 0 spiro atoms. The van der Waals surface area contributed by atoms with Crippen molar-refractivity contribution in [3.8, 4) is 11.1 Å². The van der Waals surface area contributed by atoms with Crippen LogP contribution >= 0.6 is 0 Å². The van der Waals surface area contributed by atoms with E-state index in [1.165, 1.54) is 61.5 Å². The van der Waals surface area contributed by atoms with Crippen molar-refractivity contribution in [2.45, 2.75) is 20.8 Å². The third-order valence-corrected chi connectivity index (χ3v) is 10.4. The number of para-hydroxylation sites is 1. The summed E-state index contributed by atoms with van der Waals surface area (Å²) in [5, 5.41) is 2.30. The quantitative estimate of drug-likeness (QED) is 0.182. The standard InChI is InChI=1S/C45H33BN2O/c1-28-11-18-33(19-12-28)47-39-23-13-29(2)25-37(39)46-38-26-30(3)14-24-40(38)48(42-9-6-8-41(47)45(42)46)34-20-15-31(16-21-34)32-17-22-36-35-7-4-5-10-43(35)49-44(36)27-32/h4-27H,1-3H3. The van der Waals surface area contributed by atoms with Gasteiger partial charge in [0.15, 0.2) is 0 Å². The lowest BCUT2D eigenvalue weighted by Gasteiger charge is -2.44. The molecule has 0 radical (unpaired) electrons. The van der Waals surface area contributed by atoms with Crippen LogP contribution in [0.25, 0.3) is 33.1 Å². The summed E-state index contributed by atoms with van der Waals surface area (Å²) in [7, 11) is 0. The van der Waals surface area contributed by atoms with Crippen LogP contribution < -0.4 is 26.2 Å². The number of rotatable bonds is 3. The number of hydrogen-bond donors (Lipinski definition) is 0. The number of furan rings is 1. The molecule has 0 N–H and O–H groups in total. The zero-order valence-electron chi connectivity index (χ0n) is 27.7. The van der Waals surface area contributed by atoms with E-state index in [1.54, 1.807) is 0 Å². The molecule has 0 bridgehead atoms. The maximum absolute atomic E-state index is 6.23. The summed E-state index contributed by atoms with van der Waals surface area (Å²) in [6.45, 7) is 6.69. The molecule has 0 fully saturated rings. The molecule has 0 atom stereocenters. The normalized spacial score (nSPS) is 13.1. The topological polar surface area (TPSA) is 19.6 Å². The van der Waals surface area contributed by atoms with Crippen molar-refractivity contribution in [2.75, 3.05) is 9.80 Å². The van der Waals surface area contributed by atoms with E-state index in [2.05, 4.69) is 164 Å². The number of aryl methyl sites for hydroxylation is 3. The second-order valence-corrected chi connectivity index (χ2v) is 13.6. The zero-order chi connectivity index (χ0) is 32.8. The molecular weight excluding hydrogens is 595 g/mol. The van der Waals surface area contributed by atoms with Crippen LogP contribution in [0.15, 0.2) is 150 Å². The molecule has 4 heteroatoms. The zero-order valence-corrected chi connectivity index (χ0v) is 27.7. The van der Waals surface area contributed by atoms with Gasteiger partial charge in [-0.3, -0.25) is 0 Å². The molecule has 0 saturated carbocycles. The average molecular weight is 629 g/mol. The molecular formula is C45H33BN2O. The van der Waals surface area contributed by atoms with Crippen LogP contribution in [0.4, 0.5) is 34.1 Å². The number of nitrogens with zero attached hydrogens (tertiary/aromatic N) is 2. The van der Waals surface area contributed by atoms with Crippen LogP contribution in [-0.2, 0) is 0 Å². The molecule has 7 aromatic carbocycles. The minimum Gasteiger partial charge on any atom is -0.456 e. The first-order valence-corrected chi connectivity index (χ1v) is 17.0. The minimum atomic E-state index is 0.128. The fourth-order valence-electron chi connectivity index (χ4n) is 8.14. The summed E-state index contributed by atoms with van der Waals surface area (Å²) < 4.78 is 6.23. The number of hydrogen-bond acceptors (Lipinski definition) is 3. The van der Waals surface area contributed by atoms with Crippen molar-refractivity contribution in [2.24, 2.45) is 0 Å². The Morgan fingerprint density at radius 2 is 0.980 bits per heavy atom. The average Bonchev–Trinajstić information content (AvgIpc) is 3.50. The van der Waals surface area contributed by atoms with Crippen LogP contribution in [0.5, 0.6) is 0 Å². The van der Waals surface area contributed by atoms with Gasteiger partial charge in [0.05, 0.1) is 0 Å². The van der Waals surface area contributed by atoms with Crippen molar-refractivity contribution in [3.63, 3.8) is 0 Å². The van der Waals surface area contributed by atoms with Crippen LogP contribution in [0, 0.1) is 20.8 Å². The second kappa shape index (κ2) is 10.5. The van der Waals surface area contributed by atoms with Gasteiger partial charge in [-0.1, -0.05) is 95.6 Å². The van der Waals surface area contributed by atoms with Gasteiger partial charge >= 0.3 is 0 Å². The summed E-state index contributed by atoms with van der Waals surface area (Å²) in [6.07, 6.45) is 0. The van der Waals surface area contributed by atoms with Crippen LogP contribution in [0.3, 0.4) is 0 Å². The summed E-state index contributed by atoms with van der Waals surface area (Å²) in [5.74, 6) is 0. The molecule has 8 aromatic rings. The predicted molar refractivity (Wildman–Crippen MR) is 207 cm³/mol. The molecule has 0 aliphatic carbocycles. The molecule has 1 aromatic heterocycles. The number of fused-ring (bicyclic) bond motifs is 7. The van der Waals surface area contributed by atoms with E-state index < -0.39 is 0 Å². The Labute approximate surface area is 286 Å². The van der Waals surface area contributed by atoms with E-state index in [0.29, 0.717) is 0 Å². The minimum absolute atomic E-state index is 0.128. The fourth-order valence-corrected chi connectivity index (χ4v) is 8.14. The maximum atomic E-state index is 6.23. The van der Waals surface area contributed by atoms with Gasteiger partial charge in [-0.25, -0.2) is 0 Å². The Morgan fingerprint density at radius 1 is 0.429 bits per heavy atom. The Balaban J connectivity index is 1.14. The Bertz CT molecular complexity index is 2600. The molecule has 3 heterocycles. The summed E-state index contributed by atoms with van der Waals surface area (Å²) in [6, 6.07) is 53.5. The highest BCUT2D eigenvalue weighted by molar-refractivity contribution is 7.00. The highest BCUT2D eigenvalue weighted by atomic mass is 16.3. The van der Waals surface area contributed by atoms with Crippen LogP contribution in [0.2, 0.25) is 0 Å². The van der Waals surface area contributed by atoms with Crippen LogP contribution in [-0.4, -0.2) is 6.71 Å². The Hall–Kier alpha value is -6.00. The van der Waals surface area contributed by atoms with Crippen molar-refractivity contribution in [1.29, 1.82) is 0 Å². The van der Waals surface area contributed by atoms with Gasteiger partial charge < -0.3 is 14.2 Å². The Morgan fingerprint density at radius 3 is 1.63 bits per heavy atom. The molecule has 0 amide bonds. The second-order valence-electron chi connectivity index (χ2n) is 13.6. The summed E-state index contributed by atoms with van der Waals surface area (Å²) in [4.78, 5) is 4.92. The lowest BCUT2D eigenvalue weighted by molar-refractivity contribution is 0.669. The number of benzene rings is 7. The van der Waals surface area contributed by atoms with Crippen LogP contribution in [0.1, 0.15) is 16.7 Å². The Kier molecular flexibility index (Phi) is 6.01. The molecule has 0 unspecified atom stereocenters. The molecule has 3 nitrogen and oxygen atoms in total. The fraction of sp³-hybridized carbons (Fsp3) is 0.0667. The van der Waals surface area contributed by atoms with Gasteiger partial charge in [-0.15, -0.1) is 0 Å². The third kappa shape index (κ3) is 4.23. The van der Waals surface area contributed by atoms with E-state index in [4.69, 9.17) is 4.42 Å². The molecule has 232 valence electrons. The van der Waals surface area contributed by atoms with Gasteiger partial charge in [0.1, 0.15) is 11.2 Å². The smallest absolute Gasteiger partial charge is 0.252 e. The van der Waals surface area contributed by atoms with Gasteiger partial charge in [0.25, 0.3) is 6.71 Å². The van der Waals surface area contributed by atoms with Crippen molar-refractivity contribution in [3.05, 3.63) is 162 Å². The van der Waals surface area contributed by atoms with Crippen molar-refractivity contribution in [1.82, 2.24) is 0 Å². The third-order valence-electron chi connectivity index (χ3n) is 10.4. The van der Waals surface area contributed by atoms with E-state index in [9.17, 15) is 0 Å². The van der Waals surface area contributed by atoms with Crippen molar-refractivity contribution >= 4 is 79.2 Å². The lowest BCUT2D eigenvalue weighted by atomic mass is 9.33. The van der Waals surface area contributed by atoms with Gasteiger partial charge in [-0.05, 0) is 115 Å². The summed E-state index contributed by atoms with van der Waals surface area (Å²) in [5.41, 5.74) is 19.2. The van der Waals surface area contributed by atoms with Gasteiger partial charge in [0, 0.05) is 44.9 Å². The van der Waals surface area contributed by atoms with E-state index in [1.807, 2.05) is 12.1 Å². The van der Waals surface area contributed by atoms with E-state index >= 15 is 0 Å². The molecule has 0 saturated heterocycles. The largest absolute Gasteiger partial charge is 0.456 e. The first-order chi connectivity index (χ1) is 24.0. The molecule has 2 aliphatic heterocycles. The molecule has 49 heavy (non-hydrogen) atoms. The first-order valence-electron chi connectivity index (χ1n) is 17.0. The molecule has 2 aliphatic rings. The first kappa shape index (κ1) is 28.1. The SMILES string of the molecule is Cc1ccc(N2c3ccc(C)cc3B3c4cc(C)ccc4N(c4ccc(-c5ccc6c(c5)oc5ccccc56)cc4)c4cccc2c43)cc1. The number of anilines is 6. The van der Waals surface area contributed by atoms with Gasteiger partial charge in [0.2, 0.25) is 0 Å². The maximum Gasteiger partial charge on any atom is 0.252 e. The van der Waals surface area contributed by atoms with E-state index in [-0.39, 0.29) is 6.71 Å². The highest BCUT2D eigenvalue weighted by Gasteiger charge is 2.43. The predicted octanol–water partition coefficient (Wildman–Crippen LogP) is 10.3. The van der Waals surface area contributed by atoms with E-state index in [0.717, 1.165) is 38.8 Å².